The maximum absolute atomic E-state index is 9.27. The molecule has 2 nitrogen and oxygen atoms in total. The van der Waals surface area contributed by atoms with Crippen LogP contribution in [0.2, 0.25) is 0 Å². The fourth-order valence-electron chi connectivity index (χ4n) is 3.82. The summed E-state index contributed by atoms with van der Waals surface area (Å²) in [5.74, 6) is 0.933. The first kappa shape index (κ1) is 26.9. The monoisotopic (exact) mass is 384 g/mol. The summed E-state index contributed by atoms with van der Waals surface area (Å²) >= 11 is 0. The Hall–Kier alpha value is -0.0800. The van der Waals surface area contributed by atoms with Gasteiger partial charge in [-0.15, -0.1) is 0 Å². The molecule has 0 aromatic carbocycles. The van der Waals surface area contributed by atoms with Gasteiger partial charge in [0.1, 0.15) is 0 Å². The van der Waals surface area contributed by atoms with Crippen molar-refractivity contribution in [2.45, 2.75) is 148 Å². The van der Waals surface area contributed by atoms with Gasteiger partial charge in [0.15, 0.2) is 0 Å². The highest BCUT2D eigenvalue weighted by atomic mass is 16.3. The first-order valence-electron chi connectivity index (χ1n) is 12.5. The number of hydrogen-bond acceptors (Lipinski definition) is 2. The van der Waals surface area contributed by atoms with Crippen molar-refractivity contribution in [2.24, 2.45) is 5.92 Å². The van der Waals surface area contributed by atoms with Crippen LogP contribution < -0.4 is 0 Å². The van der Waals surface area contributed by atoms with E-state index >= 15 is 0 Å². The van der Waals surface area contributed by atoms with Gasteiger partial charge in [-0.25, -0.2) is 0 Å². The van der Waals surface area contributed by atoms with Crippen molar-refractivity contribution in [1.82, 2.24) is 0 Å². The molecule has 0 rings (SSSR count). The predicted molar refractivity (Wildman–Crippen MR) is 120 cm³/mol. The third kappa shape index (κ3) is 22.1. The molecule has 0 unspecified atom stereocenters. The lowest BCUT2D eigenvalue weighted by atomic mass is 9.99. The molecule has 0 saturated carbocycles. The first-order valence-corrected chi connectivity index (χ1v) is 12.5. The Morgan fingerprint density at radius 2 is 0.815 bits per heavy atom. The fraction of sp³-hybridized carbons (Fsp3) is 1.00. The van der Waals surface area contributed by atoms with Crippen LogP contribution >= 0.6 is 0 Å². The zero-order chi connectivity index (χ0) is 20.0. The maximum Gasteiger partial charge on any atom is 0.0770 e. The molecule has 0 aliphatic carbocycles. The van der Waals surface area contributed by atoms with Crippen LogP contribution in [-0.4, -0.2) is 22.9 Å². The van der Waals surface area contributed by atoms with Gasteiger partial charge in [0.05, 0.1) is 12.7 Å². The zero-order valence-electron chi connectivity index (χ0n) is 18.9. The van der Waals surface area contributed by atoms with Crippen LogP contribution in [0.4, 0.5) is 0 Å². The average Bonchev–Trinajstić information content (AvgIpc) is 2.69. The fourth-order valence-corrected chi connectivity index (χ4v) is 3.82. The molecule has 0 aromatic rings. The Morgan fingerprint density at radius 1 is 0.519 bits per heavy atom. The highest BCUT2D eigenvalue weighted by Crippen LogP contribution is 2.16. The summed E-state index contributed by atoms with van der Waals surface area (Å²) < 4.78 is 0. The van der Waals surface area contributed by atoms with Crippen LogP contribution in [0.3, 0.4) is 0 Å². The molecule has 0 spiro atoms. The Labute approximate surface area is 171 Å². The van der Waals surface area contributed by atoms with Gasteiger partial charge in [-0.1, -0.05) is 136 Å². The molecule has 0 aliphatic heterocycles. The second-order valence-electron chi connectivity index (χ2n) is 8.94. The maximum atomic E-state index is 9.27. The second kappa shape index (κ2) is 22.2. The number of unbranched alkanes of at least 4 members (excludes halogenated alkanes) is 16. The summed E-state index contributed by atoms with van der Waals surface area (Å²) in [6, 6.07) is 0. The topological polar surface area (TPSA) is 40.5 Å². The predicted octanol–water partition coefficient (Wildman–Crippen LogP) is 7.80. The van der Waals surface area contributed by atoms with E-state index < -0.39 is 6.10 Å². The van der Waals surface area contributed by atoms with E-state index in [0.29, 0.717) is 0 Å². The van der Waals surface area contributed by atoms with E-state index in [4.69, 9.17) is 5.11 Å². The summed E-state index contributed by atoms with van der Waals surface area (Å²) in [5.41, 5.74) is 0. The summed E-state index contributed by atoms with van der Waals surface area (Å²) in [7, 11) is 0. The number of rotatable bonds is 22. The van der Waals surface area contributed by atoms with Crippen LogP contribution in [-0.2, 0) is 0 Å². The van der Waals surface area contributed by atoms with Gasteiger partial charge < -0.3 is 10.2 Å². The van der Waals surface area contributed by atoms with E-state index in [1.54, 1.807) is 0 Å². The van der Waals surface area contributed by atoms with Gasteiger partial charge in [-0.3, -0.25) is 0 Å². The summed E-state index contributed by atoms with van der Waals surface area (Å²) in [6.45, 7) is 4.61. The lowest BCUT2D eigenvalue weighted by Crippen LogP contribution is -2.10. The van der Waals surface area contributed by atoms with Crippen LogP contribution in [0.15, 0.2) is 0 Å². The van der Waals surface area contributed by atoms with E-state index in [0.717, 1.165) is 18.8 Å². The molecular formula is C25H52O2. The first-order chi connectivity index (χ1) is 13.2. The molecule has 0 heterocycles. The summed E-state index contributed by atoms with van der Waals surface area (Å²) in [6.07, 6.45) is 26.6. The van der Waals surface area contributed by atoms with Crippen molar-refractivity contribution < 1.29 is 10.2 Å². The Kier molecular flexibility index (Phi) is 22.1. The van der Waals surface area contributed by atoms with Gasteiger partial charge >= 0.3 is 0 Å². The highest BCUT2D eigenvalue weighted by molar-refractivity contribution is 4.54. The average molecular weight is 385 g/mol. The van der Waals surface area contributed by atoms with Crippen LogP contribution in [0.25, 0.3) is 0 Å². The molecule has 0 saturated heterocycles. The molecule has 0 amide bonds. The molecule has 0 bridgehead atoms. The minimum atomic E-state index is -0.496. The van der Waals surface area contributed by atoms with E-state index in [2.05, 4.69) is 13.8 Å². The van der Waals surface area contributed by atoms with Gasteiger partial charge in [-0.05, 0) is 12.3 Å². The van der Waals surface area contributed by atoms with E-state index in [9.17, 15) is 5.11 Å². The molecular weight excluding hydrogens is 332 g/mol. The number of aliphatic hydroxyl groups excluding tert-OH is 2. The smallest absolute Gasteiger partial charge is 0.0770 e. The quantitative estimate of drug-likeness (QED) is 0.187. The molecule has 0 aliphatic rings. The van der Waals surface area contributed by atoms with Crippen LogP contribution in [0.1, 0.15) is 142 Å². The van der Waals surface area contributed by atoms with E-state index in [1.165, 1.54) is 116 Å². The normalized spacial score (nSPS) is 13.8. The number of aliphatic hydroxyl groups is 2. The van der Waals surface area contributed by atoms with Crippen molar-refractivity contribution in [3.63, 3.8) is 0 Å². The van der Waals surface area contributed by atoms with Gasteiger partial charge in [0.25, 0.3) is 0 Å². The van der Waals surface area contributed by atoms with Crippen molar-refractivity contribution >= 4 is 0 Å². The Morgan fingerprint density at radius 3 is 1.11 bits per heavy atom. The van der Waals surface area contributed by atoms with Crippen LogP contribution in [0.5, 0.6) is 0 Å². The summed E-state index contributed by atoms with van der Waals surface area (Å²) in [4.78, 5) is 0. The molecule has 2 atom stereocenters. The largest absolute Gasteiger partial charge is 0.394 e. The van der Waals surface area contributed by atoms with E-state index in [1.807, 2.05) is 0 Å². The SMILES string of the molecule is CC[C@H](C)CCCCCCCCCCCCCCCCCCC[C@H](O)CO. The minimum Gasteiger partial charge on any atom is -0.394 e. The van der Waals surface area contributed by atoms with Crippen molar-refractivity contribution in [3.8, 4) is 0 Å². The standard InChI is InChI=1S/C25H52O2/c1-3-24(2)21-19-17-15-13-11-9-7-5-4-6-8-10-12-14-16-18-20-22-25(27)23-26/h24-27H,3-23H2,1-2H3/t24-,25-/m0/s1. The van der Waals surface area contributed by atoms with Gasteiger partial charge in [0, 0.05) is 0 Å². The van der Waals surface area contributed by atoms with Gasteiger partial charge in [0.2, 0.25) is 0 Å². The molecule has 164 valence electrons. The van der Waals surface area contributed by atoms with Crippen molar-refractivity contribution in [1.29, 1.82) is 0 Å². The molecule has 2 heteroatoms. The molecule has 27 heavy (non-hydrogen) atoms. The summed E-state index contributed by atoms with van der Waals surface area (Å²) in [5, 5.41) is 18.0. The molecule has 0 radical (unpaired) electrons. The van der Waals surface area contributed by atoms with Crippen molar-refractivity contribution in [2.75, 3.05) is 6.61 Å². The van der Waals surface area contributed by atoms with E-state index in [-0.39, 0.29) is 6.61 Å². The highest BCUT2D eigenvalue weighted by Gasteiger charge is 2.01. The Balaban J connectivity index is 3.03. The molecule has 0 fully saturated rings. The van der Waals surface area contributed by atoms with Crippen LogP contribution in [0, 0.1) is 5.92 Å². The van der Waals surface area contributed by atoms with Crippen molar-refractivity contribution in [3.05, 3.63) is 0 Å². The lowest BCUT2D eigenvalue weighted by molar-refractivity contribution is 0.0860. The third-order valence-corrected chi connectivity index (χ3v) is 6.14. The Bertz CT molecular complexity index is 241. The zero-order valence-corrected chi connectivity index (χ0v) is 18.9. The third-order valence-electron chi connectivity index (χ3n) is 6.14. The minimum absolute atomic E-state index is 0.0848. The second-order valence-corrected chi connectivity index (χ2v) is 8.94. The lowest BCUT2D eigenvalue weighted by Gasteiger charge is -2.07. The number of hydrogen-bond donors (Lipinski definition) is 2. The molecule has 2 N–H and O–H groups in total. The molecule has 0 aromatic heterocycles. The van der Waals surface area contributed by atoms with Gasteiger partial charge in [-0.2, -0.15) is 0 Å².